The number of ether oxygens (including phenoxy) is 1. The molecule has 162 valence electrons. The summed E-state index contributed by atoms with van der Waals surface area (Å²) in [4.78, 5) is 10.6. The average molecular weight is 482 g/mol. The molecule has 3 rings (SSSR count). The topological polar surface area (TPSA) is 116 Å². The van der Waals surface area contributed by atoms with Crippen LogP contribution in [-0.2, 0) is 5.75 Å². The number of aryl methyl sites for hydroxylation is 1. The largest absolute Gasteiger partial charge is 0.500 e. The van der Waals surface area contributed by atoms with Crippen LogP contribution in [0.1, 0.15) is 23.9 Å². The van der Waals surface area contributed by atoms with Crippen molar-refractivity contribution in [2.45, 2.75) is 24.8 Å². The van der Waals surface area contributed by atoms with Crippen LogP contribution in [0.25, 0.3) is 0 Å². The van der Waals surface area contributed by atoms with E-state index in [1.54, 1.807) is 26.0 Å². The molecule has 0 aliphatic carbocycles. The molecular formula is C19H17Cl2N5O4S. The lowest BCUT2D eigenvalue weighted by Gasteiger charge is -2.07. The molecule has 9 nitrogen and oxygen atoms in total. The Morgan fingerprint density at radius 1 is 1.32 bits per heavy atom. The van der Waals surface area contributed by atoms with Gasteiger partial charge in [-0.3, -0.25) is 10.1 Å². The van der Waals surface area contributed by atoms with Gasteiger partial charge in [0.15, 0.2) is 11.6 Å². The zero-order valence-corrected chi connectivity index (χ0v) is 18.8. The maximum Gasteiger partial charge on any atom is 0.315 e. The maximum absolute atomic E-state index is 11.2. The third-order valence-electron chi connectivity index (χ3n) is 4.04. The van der Waals surface area contributed by atoms with E-state index < -0.39 is 16.4 Å². The summed E-state index contributed by atoms with van der Waals surface area (Å²) in [5.41, 5.74) is 0.778. The van der Waals surface area contributed by atoms with Crippen LogP contribution >= 0.6 is 35.0 Å². The van der Waals surface area contributed by atoms with E-state index in [-0.39, 0.29) is 12.4 Å². The molecule has 0 radical (unpaired) electrons. The Labute approximate surface area is 191 Å². The number of hydrogen-bond donors (Lipinski definition) is 1. The van der Waals surface area contributed by atoms with Gasteiger partial charge in [-0.2, -0.15) is 9.78 Å². The van der Waals surface area contributed by atoms with Gasteiger partial charge in [-0.1, -0.05) is 41.0 Å². The van der Waals surface area contributed by atoms with E-state index in [0.29, 0.717) is 32.3 Å². The summed E-state index contributed by atoms with van der Waals surface area (Å²) in [6.45, 7) is 3.68. The van der Waals surface area contributed by atoms with Gasteiger partial charge in [0.05, 0.1) is 17.7 Å². The van der Waals surface area contributed by atoms with Crippen molar-refractivity contribution in [1.82, 2.24) is 14.9 Å². The Bertz CT molecular complexity index is 1150. The fraction of sp³-hybridized carbons (Fsp3) is 0.211. The Hall–Kier alpha value is -2.82. The monoisotopic (exact) mass is 481 g/mol. The number of aromatic nitrogens is 3. The summed E-state index contributed by atoms with van der Waals surface area (Å²) in [6.07, 6.45) is 1.41. The Balaban J connectivity index is 1.86. The highest BCUT2D eigenvalue weighted by Gasteiger charge is 2.20. The molecule has 0 aliphatic rings. The standard InChI is InChI=1S/C19H17Cl2N5O4S/c1-3-30-17-7-12(6-16(18(17)27)26(28)29)9-22-25-11(2)23-24-19(25)31-10-13-4-5-14(20)8-15(13)21/h4-9,27H,3,10H2,1-2H3/b22-9+. The van der Waals surface area contributed by atoms with Crippen LogP contribution in [-0.4, -0.2) is 37.7 Å². The van der Waals surface area contributed by atoms with Crippen molar-refractivity contribution in [3.05, 3.63) is 67.4 Å². The zero-order chi connectivity index (χ0) is 22.5. The van der Waals surface area contributed by atoms with Gasteiger partial charge in [0.1, 0.15) is 0 Å². The van der Waals surface area contributed by atoms with Crippen molar-refractivity contribution < 1.29 is 14.8 Å². The number of nitrogens with zero attached hydrogens (tertiary/aromatic N) is 5. The molecule has 31 heavy (non-hydrogen) atoms. The molecule has 1 N–H and O–H groups in total. The fourth-order valence-electron chi connectivity index (χ4n) is 2.56. The number of thioether (sulfide) groups is 1. The first-order valence-corrected chi connectivity index (χ1v) is 10.7. The van der Waals surface area contributed by atoms with Gasteiger partial charge in [-0.25, -0.2) is 0 Å². The number of nitro benzene ring substituents is 1. The summed E-state index contributed by atoms with van der Waals surface area (Å²) >= 11 is 13.5. The summed E-state index contributed by atoms with van der Waals surface area (Å²) in [5, 5.41) is 35.4. The zero-order valence-electron chi connectivity index (χ0n) is 16.5. The number of halogens is 2. The van der Waals surface area contributed by atoms with Gasteiger partial charge in [0.2, 0.25) is 10.9 Å². The third-order valence-corrected chi connectivity index (χ3v) is 5.59. The van der Waals surface area contributed by atoms with Crippen LogP contribution in [0.5, 0.6) is 11.5 Å². The predicted molar refractivity (Wildman–Crippen MR) is 120 cm³/mol. The molecule has 1 heterocycles. The first kappa shape index (κ1) is 22.9. The number of rotatable bonds is 8. The van der Waals surface area contributed by atoms with Crippen molar-refractivity contribution in [2.75, 3.05) is 6.61 Å². The molecule has 0 saturated carbocycles. The normalized spacial score (nSPS) is 11.2. The molecule has 3 aromatic rings. The van der Waals surface area contributed by atoms with E-state index in [9.17, 15) is 15.2 Å². The number of phenols is 1. The van der Waals surface area contributed by atoms with E-state index in [2.05, 4.69) is 15.3 Å². The van der Waals surface area contributed by atoms with E-state index in [4.69, 9.17) is 27.9 Å². The number of nitro groups is 1. The summed E-state index contributed by atoms with van der Waals surface area (Å²) < 4.78 is 6.79. The molecule has 0 atom stereocenters. The number of hydrogen-bond acceptors (Lipinski definition) is 8. The molecule has 0 saturated heterocycles. The predicted octanol–water partition coefficient (Wildman–Crippen LogP) is 5.08. The quantitative estimate of drug-likeness (QED) is 0.206. The second-order valence-electron chi connectivity index (χ2n) is 6.19. The lowest BCUT2D eigenvalue weighted by atomic mass is 10.2. The molecule has 12 heteroatoms. The van der Waals surface area contributed by atoms with Crippen LogP contribution < -0.4 is 4.74 Å². The molecule has 0 amide bonds. The van der Waals surface area contributed by atoms with E-state index >= 15 is 0 Å². The van der Waals surface area contributed by atoms with Gasteiger partial charge in [0.25, 0.3) is 0 Å². The van der Waals surface area contributed by atoms with Crippen LogP contribution in [0.3, 0.4) is 0 Å². The fourth-order valence-corrected chi connectivity index (χ4v) is 4.05. The highest BCUT2D eigenvalue weighted by atomic mass is 35.5. The average Bonchev–Trinajstić information content (AvgIpc) is 3.07. The second-order valence-corrected chi connectivity index (χ2v) is 7.97. The van der Waals surface area contributed by atoms with E-state index in [1.807, 2.05) is 6.07 Å². The minimum absolute atomic E-state index is 0.00519. The molecule has 0 spiro atoms. The Kier molecular flexibility index (Phi) is 7.37. The first-order chi connectivity index (χ1) is 14.8. The van der Waals surface area contributed by atoms with E-state index in [1.165, 1.54) is 34.8 Å². The van der Waals surface area contributed by atoms with Gasteiger partial charge >= 0.3 is 5.69 Å². The first-order valence-electron chi connectivity index (χ1n) is 8.97. The lowest BCUT2D eigenvalue weighted by Crippen LogP contribution is -1.99. The SMILES string of the molecule is CCOc1cc(/C=N/n2c(C)nnc2SCc2ccc(Cl)cc2Cl)cc([N+](=O)[O-])c1O. The minimum atomic E-state index is -0.684. The van der Waals surface area contributed by atoms with Gasteiger partial charge < -0.3 is 9.84 Å². The van der Waals surface area contributed by atoms with Crippen molar-refractivity contribution in [2.24, 2.45) is 5.10 Å². The van der Waals surface area contributed by atoms with Gasteiger partial charge in [-0.05, 0) is 37.6 Å². The van der Waals surface area contributed by atoms with Crippen LogP contribution in [0.15, 0.2) is 40.6 Å². The lowest BCUT2D eigenvalue weighted by molar-refractivity contribution is -0.386. The smallest absolute Gasteiger partial charge is 0.315 e. The minimum Gasteiger partial charge on any atom is -0.500 e. The molecular weight excluding hydrogens is 465 g/mol. The molecule has 0 unspecified atom stereocenters. The van der Waals surface area contributed by atoms with Crippen LogP contribution in [0.4, 0.5) is 5.69 Å². The number of phenolic OH excluding ortho intramolecular Hbond substituents is 1. The van der Waals surface area contributed by atoms with Crippen LogP contribution in [0.2, 0.25) is 10.0 Å². The van der Waals surface area contributed by atoms with Crippen molar-refractivity contribution in [3.63, 3.8) is 0 Å². The van der Waals surface area contributed by atoms with Crippen molar-refractivity contribution in [3.8, 4) is 11.5 Å². The molecule has 0 bridgehead atoms. The highest BCUT2D eigenvalue weighted by molar-refractivity contribution is 7.98. The van der Waals surface area contributed by atoms with Crippen molar-refractivity contribution in [1.29, 1.82) is 0 Å². The summed E-state index contributed by atoms with van der Waals surface area (Å²) in [6, 6.07) is 7.93. The Morgan fingerprint density at radius 2 is 2.10 bits per heavy atom. The van der Waals surface area contributed by atoms with Crippen molar-refractivity contribution >= 4 is 46.9 Å². The van der Waals surface area contributed by atoms with Gasteiger partial charge in [-0.15, -0.1) is 10.2 Å². The molecule has 0 fully saturated rings. The van der Waals surface area contributed by atoms with E-state index in [0.717, 1.165) is 5.56 Å². The second kappa shape index (κ2) is 9.99. The highest BCUT2D eigenvalue weighted by Crippen LogP contribution is 2.36. The number of aromatic hydroxyl groups is 1. The molecule has 2 aromatic carbocycles. The maximum atomic E-state index is 11.2. The third kappa shape index (κ3) is 5.46. The summed E-state index contributed by atoms with van der Waals surface area (Å²) in [5.74, 6) is 0.522. The van der Waals surface area contributed by atoms with Gasteiger partial charge in [0, 0.05) is 27.4 Å². The number of benzene rings is 2. The Morgan fingerprint density at radius 3 is 2.77 bits per heavy atom. The summed E-state index contributed by atoms with van der Waals surface area (Å²) in [7, 11) is 0. The molecule has 1 aromatic heterocycles. The van der Waals surface area contributed by atoms with Crippen LogP contribution in [0, 0.1) is 17.0 Å². The molecule has 0 aliphatic heterocycles.